The highest BCUT2D eigenvalue weighted by Crippen LogP contribution is 2.19. The van der Waals surface area contributed by atoms with Crippen LogP contribution in [0, 0.1) is 0 Å². The zero-order valence-electron chi connectivity index (χ0n) is 7.25. The molecule has 2 aromatic heterocycles. The average molecular weight is 232 g/mol. The molecule has 2 heterocycles. The number of imidazole rings is 1. The molecular weight excluding hydrogens is 225 g/mol. The second-order valence-electron chi connectivity index (χ2n) is 2.70. The fourth-order valence-corrected chi connectivity index (χ4v) is 1.37. The van der Waals surface area contributed by atoms with Crippen molar-refractivity contribution in [3.63, 3.8) is 0 Å². The highest BCUT2D eigenvalue weighted by molar-refractivity contribution is 6.28. The Labute approximate surface area is 89.9 Å². The van der Waals surface area contributed by atoms with Crippen LogP contribution in [0.3, 0.4) is 0 Å². The van der Waals surface area contributed by atoms with Gasteiger partial charge in [0.15, 0.2) is 11.5 Å². The number of aromatic amines is 1. The second-order valence-corrected chi connectivity index (χ2v) is 3.69. The number of halogens is 2. The smallest absolute Gasteiger partial charge is 0.226 e. The first-order valence-electron chi connectivity index (χ1n) is 3.94. The predicted octanol–water partition coefficient (Wildman–Crippen LogP) is 2.00. The van der Waals surface area contributed by atoms with Crippen LogP contribution in [-0.2, 0) is 0 Å². The summed E-state index contributed by atoms with van der Waals surface area (Å²) in [5.41, 5.74) is 0.965. The van der Waals surface area contributed by atoms with E-state index in [1.54, 1.807) is 6.92 Å². The molecule has 0 saturated heterocycles. The molecule has 74 valence electrons. The van der Waals surface area contributed by atoms with Gasteiger partial charge in [0.05, 0.1) is 11.8 Å². The van der Waals surface area contributed by atoms with Gasteiger partial charge in [-0.3, -0.25) is 0 Å². The summed E-state index contributed by atoms with van der Waals surface area (Å²) in [6, 6.07) is 0. The molecule has 0 aromatic carbocycles. The lowest BCUT2D eigenvalue weighted by molar-refractivity contribution is 1.07. The summed E-state index contributed by atoms with van der Waals surface area (Å²) in [5.74, 6) is 0.531. The van der Waals surface area contributed by atoms with E-state index in [0.29, 0.717) is 17.0 Å². The van der Waals surface area contributed by atoms with Crippen molar-refractivity contribution < 1.29 is 0 Å². The van der Waals surface area contributed by atoms with E-state index >= 15 is 0 Å². The van der Waals surface area contributed by atoms with Gasteiger partial charge in [0.1, 0.15) is 5.52 Å². The third-order valence-corrected chi connectivity index (χ3v) is 1.87. The van der Waals surface area contributed by atoms with Crippen LogP contribution in [0.2, 0.25) is 5.28 Å². The van der Waals surface area contributed by atoms with Gasteiger partial charge in [-0.25, -0.2) is 4.98 Å². The van der Waals surface area contributed by atoms with E-state index in [1.807, 2.05) is 0 Å². The van der Waals surface area contributed by atoms with E-state index in [2.05, 4.69) is 25.3 Å². The zero-order valence-corrected chi connectivity index (χ0v) is 8.76. The van der Waals surface area contributed by atoms with Crippen LogP contribution in [0.4, 0.5) is 5.82 Å². The molecule has 0 aliphatic carbocycles. The second kappa shape index (κ2) is 3.59. The van der Waals surface area contributed by atoms with Crippen LogP contribution in [0.1, 0.15) is 6.92 Å². The maximum absolute atomic E-state index is 5.78. The number of hydrogen-bond acceptors (Lipinski definition) is 4. The third-order valence-electron chi connectivity index (χ3n) is 1.59. The lowest BCUT2D eigenvalue weighted by atomic mass is 10.5. The minimum absolute atomic E-state index is 0.154. The molecule has 0 saturated carbocycles. The number of aromatic nitrogens is 4. The van der Waals surface area contributed by atoms with Crippen LogP contribution in [0.25, 0.3) is 11.2 Å². The number of rotatable bonds is 2. The normalized spacial score (nSPS) is 13.1. The Kier molecular flexibility index (Phi) is 2.43. The fraction of sp³-hybridized carbons (Fsp3) is 0.286. The zero-order chi connectivity index (χ0) is 10.1. The first-order valence-corrected chi connectivity index (χ1v) is 4.75. The molecule has 0 amide bonds. The Morgan fingerprint density at radius 2 is 2.29 bits per heavy atom. The van der Waals surface area contributed by atoms with Gasteiger partial charge in [-0.15, -0.1) is 0 Å². The summed E-state index contributed by atoms with van der Waals surface area (Å²) < 4.78 is 0. The number of H-pyrrole nitrogens is 1. The highest BCUT2D eigenvalue weighted by Gasteiger charge is 2.09. The van der Waals surface area contributed by atoms with Crippen molar-refractivity contribution in [2.75, 3.05) is 5.32 Å². The van der Waals surface area contributed by atoms with E-state index in [1.165, 1.54) is 6.33 Å². The van der Waals surface area contributed by atoms with Gasteiger partial charge < -0.3 is 10.3 Å². The lowest BCUT2D eigenvalue weighted by Crippen LogP contribution is -2.09. The van der Waals surface area contributed by atoms with Crippen LogP contribution in [0.15, 0.2) is 6.33 Å². The number of alkyl halides is 1. The largest absolute Gasteiger partial charge is 0.352 e. The molecule has 2 aromatic rings. The van der Waals surface area contributed by atoms with E-state index < -0.39 is 0 Å². The molecule has 5 nitrogen and oxygen atoms in total. The van der Waals surface area contributed by atoms with Gasteiger partial charge >= 0.3 is 0 Å². The molecule has 2 rings (SSSR count). The van der Waals surface area contributed by atoms with Gasteiger partial charge in [0.2, 0.25) is 5.28 Å². The average Bonchev–Trinajstić information content (AvgIpc) is 2.50. The van der Waals surface area contributed by atoms with Crippen molar-refractivity contribution in [3.05, 3.63) is 11.6 Å². The minimum Gasteiger partial charge on any atom is -0.352 e. The summed E-state index contributed by atoms with van der Waals surface area (Å²) in [6.45, 7) is 1.79. The van der Waals surface area contributed by atoms with Crippen molar-refractivity contribution in [1.29, 1.82) is 0 Å². The molecule has 0 spiro atoms. The Bertz CT molecular complexity index is 452. The summed E-state index contributed by atoms with van der Waals surface area (Å²) in [7, 11) is 0. The standard InChI is InChI=1S/C7H7Cl2N5/c1-3(8)12-6-4-5(11-2-10-4)13-7(9)14-6/h2-3H,1H3,(H2,10,11,12,13,14)/t3-/m0/s1. The van der Waals surface area contributed by atoms with Crippen LogP contribution in [-0.4, -0.2) is 25.4 Å². The molecule has 0 unspecified atom stereocenters. The van der Waals surface area contributed by atoms with Gasteiger partial charge in [0, 0.05) is 0 Å². The number of nitrogens with zero attached hydrogens (tertiary/aromatic N) is 3. The molecule has 1 atom stereocenters. The van der Waals surface area contributed by atoms with Crippen molar-refractivity contribution in [3.8, 4) is 0 Å². The molecular formula is C7H7Cl2N5. The molecule has 7 heteroatoms. The first kappa shape index (κ1) is 9.48. The Morgan fingerprint density at radius 3 is 3.00 bits per heavy atom. The summed E-state index contributed by atoms with van der Waals surface area (Å²) in [4.78, 5) is 14.8. The monoisotopic (exact) mass is 231 g/mol. The maximum Gasteiger partial charge on any atom is 0.226 e. The lowest BCUT2D eigenvalue weighted by Gasteiger charge is -2.07. The van der Waals surface area contributed by atoms with Crippen molar-refractivity contribution in [2.45, 2.75) is 12.4 Å². The Morgan fingerprint density at radius 1 is 1.50 bits per heavy atom. The van der Waals surface area contributed by atoms with E-state index in [0.717, 1.165) is 0 Å². The molecule has 0 aliphatic heterocycles. The summed E-state index contributed by atoms with van der Waals surface area (Å²) in [5, 5.41) is 3.08. The minimum atomic E-state index is -0.249. The van der Waals surface area contributed by atoms with Crippen molar-refractivity contribution in [2.24, 2.45) is 0 Å². The highest BCUT2D eigenvalue weighted by atomic mass is 35.5. The van der Waals surface area contributed by atoms with Crippen LogP contribution >= 0.6 is 23.2 Å². The van der Waals surface area contributed by atoms with Crippen molar-refractivity contribution in [1.82, 2.24) is 19.9 Å². The van der Waals surface area contributed by atoms with Gasteiger partial charge in [-0.1, -0.05) is 11.6 Å². The van der Waals surface area contributed by atoms with Gasteiger partial charge in [-0.05, 0) is 18.5 Å². The number of anilines is 1. The van der Waals surface area contributed by atoms with Crippen LogP contribution < -0.4 is 5.32 Å². The van der Waals surface area contributed by atoms with E-state index in [4.69, 9.17) is 23.2 Å². The molecule has 0 bridgehead atoms. The predicted molar refractivity (Wildman–Crippen MR) is 55.6 cm³/mol. The Balaban J connectivity index is 2.55. The van der Waals surface area contributed by atoms with Gasteiger partial charge in [-0.2, -0.15) is 9.97 Å². The molecule has 0 fully saturated rings. The molecule has 0 radical (unpaired) electrons. The quantitative estimate of drug-likeness (QED) is 0.472. The summed E-state index contributed by atoms with van der Waals surface area (Å²) >= 11 is 11.5. The maximum atomic E-state index is 5.78. The topological polar surface area (TPSA) is 66.5 Å². The number of fused-ring (bicyclic) bond motifs is 1. The van der Waals surface area contributed by atoms with Crippen LogP contribution in [0.5, 0.6) is 0 Å². The molecule has 0 aliphatic rings. The fourth-order valence-electron chi connectivity index (χ4n) is 1.10. The third kappa shape index (κ3) is 1.73. The van der Waals surface area contributed by atoms with E-state index in [9.17, 15) is 0 Å². The molecule has 14 heavy (non-hydrogen) atoms. The number of nitrogens with one attached hydrogen (secondary N) is 2. The SMILES string of the molecule is C[C@@H](Cl)Nc1nc(Cl)nc2[nH]cnc12. The van der Waals surface area contributed by atoms with Crippen molar-refractivity contribution >= 4 is 40.2 Å². The number of hydrogen-bond donors (Lipinski definition) is 2. The van der Waals surface area contributed by atoms with Gasteiger partial charge in [0.25, 0.3) is 0 Å². The molecule has 2 N–H and O–H groups in total. The van der Waals surface area contributed by atoms with E-state index in [-0.39, 0.29) is 10.8 Å². The Hall–Kier alpha value is -1.07. The summed E-state index contributed by atoms with van der Waals surface area (Å²) in [6.07, 6.45) is 1.53. The first-order chi connectivity index (χ1) is 6.66.